The van der Waals surface area contributed by atoms with Crippen LogP contribution in [0.2, 0.25) is 0 Å². The number of hydrogen-bond acceptors (Lipinski definition) is 5. The van der Waals surface area contributed by atoms with Gasteiger partial charge in [0.2, 0.25) is 0 Å². The summed E-state index contributed by atoms with van der Waals surface area (Å²) in [5.41, 5.74) is 2.54. The van der Waals surface area contributed by atoms with Crippen molar-refractivity contribution in [1.82, 2.24) is 9.88 Å². The van der Waals surface area contributed by atoms with Crippen LogP contribution in [0.5, 0.6) is 0 Å². The second kappa shape index (κ2) is 6.85. The van der Waals surface area contributed by atoms with Crippen LogP contribution in [0.1, 0.15) is 29.7 Å². The fourth-order valence-corrected chi connectivity index (χ4v) is 4.64. The number of amidine groups is 1. The molecule has 4 rings (SSSR count). The SMILES string of the molecule is Cc1sc(C2=C(O)C(C)N(CC3CCCO3)C2=N)nc1-c1ccccc1. The Hall–Kier alpha value is -2.18. The number of benzene rings is 1. The van der Waals surface area contributed by atoms with Gasteiger partial charge in [0.05, 0.1) is 23.4 Å². The van der Waals surface area contributed by atoms with Crippen molar-refractivity contribution in [2.45, 2.75) is 38.8 Å². The van der Waals surface area contributed by atoms with E-state index in [2.05, 4.69) is 0 Å². The van der Waals surface area contributed by atoms with Crippen LogP contribution in [0.3, 0.4) is 0 Å². The number of nitrogens with zero attached hydrogens (tertiary/aromatic N) is 2. The van der Waals surface area contributed by atoms with Gasteiger partial charge in [-0.05, 0) is 26.7 Å². The van der Waals surface area contributed by atoms with Gasteiger partial charge in [0, 0.05) is 23.6 Å². The van der Waals surface area contributed by atoms with Crippen molar-refractivity contribution in [3.63, 3.8) is 0 Å². The number of aromatic nitrogens is 1. The molecule has 1 aromatic heterocycles. The van der Waals surface area contributed by atoms with Gasteiger partial charge in [0.25, 0.3) is 0 Å². The Morgan fingerprint density at radius 3 is 2.81 bits per heavy atom. The Balaban J connectivity index is 1.64. The van der Waals surface area contributed by atoms with Gasteiger partial charge in [0.15, 0.2) is 0 Å². The zero-order valence-corrected chi connectivity index (χ0v) is 15.8. The number of ether oxygens (including phenoxy) is 1. The summed E-state index contributed by atoms with van der Waals surface area (Å²) >= 11 is 1.53. The summed E-state index contributed by atoms with van der Waals surface area (Å²) in [7, 11) is 0. The lowest BCUT2D eigenvalue weighted by Crippen LogP contribution is -2.39. The lowest BCUT2D eigenvalue weighted by Gasteiger charge is -2.26. The van der Waals surface area contributed by atoms with Crippen molar-refractivity contribution in [2.75, 3.05) is 13.2 Å². The summed E-state index contributed by atoms with van der Waals surface area (Å²) in [6.45, 7) is 5.40. The second-order valence-corrected chi connectivity index (χ2v) is 8.07. The average molecular weight is 369 g/mol. The second-order valence-electron chi connectivity index (χ2n) is 6.86. The molecule has 0 saturated carbocycles. The van der Waals surface area contributed by atoms with Crippen LogP contribution < -0.4 is 0 Å². The van der Waals surface area contributed by atoms with Gasteiger partial charge in [-0.2, -0.15) is 0 Å². The summed E-state index contributed by atoms with van der Waals surface area (Å²) in [5, 5.41) is 20.1. The third kappa shape index (κ3) is 2.93. The molecule has 1 fully saturated rings. The zero-order valence-electron chi connectivity index (χ0n) is 15.0. The maximum Gasteiger partial charge on any atom is 0.135 e. The molecule has 2 aliphatic heterocycles. The molecule has 0 bridgehead atoms. The summed E-state index contributed by atoms with van der Waals surface area (Å²) in [6.07, 6.45) is 2.22. The molecule has 2 aromatic rings. The third-order valence-electron chi connectivity index (χ3n) is 5.13. The van der Waals surface area contributed by atoms with Crippen molar-refractivity contribution in [1.29, 1.82) is 5.41 Å². The minimum atomic E-state index is -0.217. The van der Waals surface area contributed by atoms with Gasteiger partial charge in [-0.15, -0.1) is 11.3 Å². The smallest absolute Gasteiger partial charge is 0.135 e. The van der Waals surface area contributed by atoms with E-state index in [4.69, 9.17) is 15.1 Å². The number of nitrogens with one attached hydrogen (secondary N) is 1. The van der Waals surface area contributed by atoms with E-state index in [9.17, 15) is 5.11 Å². The van der Waals surface area contributed by atoms with Crippen LogP contribution in [-0.4, -0.2) is 46.1 Å². The first-order valence-electron chi connectivity index (χ1n) is 8.99. The van der Waals surface area contributed by atoms with Crippen molar-refractivity contribution >= 4 is 22.7 Å². The fraction of sp³-hybridized carbons (Fsp3) is 0.400. The minimum absolute atomic E-state index is 0.142. The lowest BCUT2D eigenvalue weighted by molar-refractivity contribution is 0.0851. The molecule has 136 valence electrons. The molecule has 0 amide bonds. The minimum Gasteiger partial charge on any atom is -0.509 e. The highest BCUT2D eigenvalue weighted by Crippen LogP contribution is 2.37. The topological polar surface area (TPSA) is 69.4 Å². The Morgan fingerprint density at radius 2 is 2.12 bits per heavy atom. The Morgan fingerprint density at radius 1 is 1.35 bits per heavy atom. The Kier molecular flexibility index (Phi) is 4.54. The molecule has 2 aliphatic rings. The molecule has 0 radical (unpaired) electrons. The monoisotopic (exact) mass is 369 g/mol. The van der Waals surface area contributed by atoms with E-state index in [-0.39, 0.29) is 17.9 Å². The highest BCUT2D eigenvalue weighted by Gasteiger charge is 2.38. The van der Waals surface area contributed by atoms with Gasteiger partial charge in [0.1, 0.15) is 16.6 Å². The number of aliphatic hydroxyl groups excluding tert-OH is 1. The van der Waals surface area contributed by atoms with Crippen molar-refractivity contribution in [2.24, 2.45) is 0 Å². The molecule has 2 unspecified atom stereocenters. The van der Waals surface area contributed by atoms with Crippen LogP contribution in [0, 0.1) is 12.3 Å². The zero-order chi connectivity index (χ0) is 18.3. The summed E-state index contributed by atoms with van der Waals surface area (Å²) in [5.74, 6) is 0.584. The van der Waals surface area contributed by atoms with E-state index in [1.165, 1.54) is 11.3 Å². The maximum absolute atomic E-state index is 10.7. The van der Waals surface area contributed by atoms with Crippen LogP contribution in [-0.2, 0) is 4.74 Å². The van der Waals surface area contributed by atoms with Crippen LogP contribution in [0.25, 0.3) is 16.8 Å². The molecule has 1 saturated heterocycles. The third-order valence-corrected chi connectivity index (χ3v) is 6.11. The molecule has 3 heterocycles. The molecule has 26 heavy (non-hydrogen) atoms. The number of hydrogen-bond donors (Lipinski definition) is 2. The van der Waals surface area contributed by atoms with Gasteiger partial charge in [-0.3, -0.25) is 5.41 Å². The summed E-state index contributed by atoms with van der Waals surface area (Å²) < 4.78 is 5.72. The lowest BCUT2D eigenvalue weighted by atomic mass is 10.1. The first-order valence-corrected chi connectivity index (χ1v) is 9.81. The van der Waals surface area contributed by atoms with Gasteiger partial charge in [-0.1, -0.05) is 30.3 Å². The van der Waals surface area contributed by atoms with Crippen LogP contribution in [0.15, 0.2) is 36.1 Å². The summed E-state index contributed by atoms with van der Waals surface area (Å²) in [6, 6.07) is 9.82. The highest BCUT2D eigenvalue weighted by atomic mass is 32.1. The van der Waals surface area contributed by atoms with Crippen molar-refractivity contribution < 1.29 is 9.84 Å². The molecule has 2 N–H and O–H groups in total. The number of aliphatic hydroxyl groups is 1. The predicted molar refractivity (Wildman–Crippen MR) is 105 cm³/mol. The summed E-state index contributed by atoms with van der Waals surface area (Å²) in [4.78, 5) is 7.78. The number of thiazole rings is 1. The molecular weight excluding hydrogens is 346 g/mol. The molecule has 6 heteroatoms. The normalized spacial score (nSPS) is 23.3. The van der Waals surface area contributed by atoms with E-state index in [1.807, 2.05) is 49.1 Å². The predicted octanol–water partition coefficient (Wildman–Crippen LogP) is 4.25. The fourth-order valence-electron chi connectivity index (χ4n) is 3.65. The van der Waals surface area contributed by atoms with E-state index in [0.717, 1.165) is 35.6 Å². The van der Waals surface area contributed by atoms with Gasteiger partial charge < -0.3 is 14.7 Å². The first kappa shape index (κ1) is 17.2. The molecule has 0 aliphatic carbocycles. The average Bonchev–Trinajstić information content (AvgIpc) is 3.33. The molecular formula is C20H23N3O2S. The van der Waals surface area contributed by atoms with Crippen LogP contribution >= 0.6 is 11.3 Å². The standard InChI is InChI=1S/C20H23N3O2S/c1-12-18(24)16(19(21)23(12)11-15-9-6-10-25-15)20-22-17(13(2)26-20)14-7-4-3-5-8-14/h3-5,7-8,12,15,21,24H,6,9-11H2,1-2H3. The molecule has 2 atom stereocenters. The number of rotatable bonds is 4. The molecule has 0 spiro atoms. The number of aryl methyl sites for hydroxylation is 1. The van der Waals surface area contributed by atoms with Gasteiger partial charge >= 0.3 is 0 Å². The molecule has 1 aromatic carbocycles. The van der Waals surface area contributed by atoms with Crippen molar-refractivity contribution in [3.8, 4) is 11.3 Å². The van der Waals surface area contributed by atoms with Crippen LogP contribution in [0.4, 0.5) is 0 Å². The van der Waals surface area contributed by atoms with Crippen molar-refractivity contribution in [3.05, 3.63) is 46.0 Å². The van der Waals surface area contributed by atoms with E-state index >= 15 is 0 Å². The Bertz CT molecular complexity index is 853. The maximum atomic E-state index is 10.7. The largest absolute Gasteiger partial charge is 0.509 e. The van der Waals surface area contributed by atoms with Gasteiger partial charge in [-0.25, -0.2) is 4.98 Å². The Labute approximate surface area is 157 Å². The molecule has 5 nitrogen and oxygen atoms in total. The quantitative estimate of drug-likeness (QED) is 0.845. The van der Waals surface area contributed by atoms with E-state index < -0.39 is 0 Å². The first-order chi connectivity index (χ1) is 12.6. The van der Waals surface area contributed by atoms with E-state index in [0.29, 0.717) is 23.0 Å². The van der Waals surface area contributed by atoms with E-state index in [1.54, 1.807) is 0 Å². The highest BCUT2D eigenvalue weighted by molar-refractivity contribution is 7.13.